The number of pyridine rings is 1. The molecule has 2 aliphatic rings. The molecule has 2 fully saturated rings. The number of piperazine rings is 1. The van der Waals surface area contributed by atoms with Crippen molar-refractivity contribution in [3.63, 3.8) is 0 Å². The van der Waals surface area contributed by atoms with Gasteiger partial charge in [0.25, 0.3) is 0 Å². The highest BCUT2D eigenvalue weighted by molar-refractivity contribution is 7.17. The van der Waals surface area contributed by atoms with Crippen LogP contribution < -0.4 is 16.0 Å². The molecule has 176 valence electrons. The molecule has 0 atom stereocenters. The maximum atomic E-state index is 6.19. The molecule has 11 heteroatoms. The number of nitrogens with one attached hydrogen (secondary N) is 1. The Morgan fingerprint density at radius 1 is 1.06 bits per heavy atom. The van der Waals surface area contributed by atoms with Crippen LogP contribution in [0.3, 0.4) is 0 Å². The van der Waals surface area contributed by atoms with Crippen molar-refractivity contribution in [2.45, 2.75) is 26.7 Å². The largest absolute Gasteiger partial charge is 0.368 e. The van der Waals surface area contributed by atoms with E-state index in [0.29, 0.717) is 11.8 Å². The van der Waals surface area contributed by atoms with Crippen molar-refractivity contribution in [1.82, 2.24) is 34.6 Å². The Balaban J connectivity index is 1.17. The summed E-state index contributed by atoms with van der Waals surface area (Å²) in [4.78, 5) is 22.9. The fraction of sp³-hybridized carbons (Fsp3) is 0.435. The van der Waals surface area contributed by atoms with Crippen molar-refractivity contribution >= 4 is 45.0 Å². The quantitative estimate of drug-likeness (QED) is 0.433. The predicted molar refractivity (Wildman–Crippen MR) is 135 cm³/mol. The molecule has 5 heterocycles. The Morgan fingerprint density at radius 2 is 1.88 bits per heavy atom. The van der Waals surface area contributed by atoms with Gasteiger partial charge < -0.3 is 16.0 Å². The summed E-state index contributed by atoms with van der Waals surface area (Å²) in [6, 6.07) is 2.08. The van der Waals surface area contributed by atoms with E-state index in [1.807, 2.05) is 13.1 Å². The molecule has 1 saturated carbocycles. The van der Waals surface area contributed by atoms with Gasteiger partial charge in [0.1, 0.15) is 12.1 Å². The number of fused-ring (bicyclic) bond motifs is 1. The zero-order valence-corrected chi connectivity index (χ0v) is 20.2. The first-order chi connectivity index (χ1) is 16.5. The molecule has 4 aromatic heterocycles. The van der Waals surface area contributed by atoms with Gasteiger partial charge in [0.15, 0.2) is 5.82 Å². The van der Waals surface area contributed by atoms with E-state index in [4.69, 9.17) is 10.7 Å². The van der Waals surface area contributed by atoms with E-state index >= 15 is 0 Å². The Hall–Kier alpha value is -3.31. The number of nitrogens with two attached hydrogens (primary N) is 1. The molecule has 0 unspecified atom stereocenters. The van der Waals surface area contributed by atoms with E-state index in [-0.39, 0.29) is 5.95 Å². The lowest BCUT2D eigenvalue weighted by Crippen LogP contribution is -2.47. The monoisotopic (exact) mass is 476 g/mol. The summed E-state index contributed by atoms with van der Waals surface area (Å²) < 4.78 is 2.49. The molecular formula is C23H28N10S. The van der Waals surface area contributed by atoms with Crippen LogP contribution in [0.1, 0.15) is 24.0 Å². The molecule has 0 amide bonds. The van der Waals surface area contributed by atoms with Crippen LogP contribution in [0.4, 0.5) is 23.4 Å². The van der Waals surface area contributed by atoms with Gasteiger partial charge >= 0.3 is 0 Å². The number of rotatable bonds is 6. The zero-order valence-electron chi connectivity index (χ0n) is 19.4. The highest BCUT2D eigenvalue weighted by Crippen LogP contribution is 2.31. The van der Waals surface area contributed by atoms with Gasteiger partial charge in [-0.05, 0) is 55.2 Å². The van der Waals surface area contributed by atoms with Crippen LogP contribution in [0.2, 0.25) is 0 Å². The molecule has 0 spiro atoms. The third-order valence-electron chi connectivity index (χ3n) is 6.54. The molecule has 0 aromatic carbocycles. The standard InChI is InChI=1S/C23H28N10S/c1-14-9-17(10-25-20(14)32-7-5-31(6-8-32)11-16-3-4-16)28-23-29-22(24)33(30-23)21-19-18(26-13-27-21)15(2)12-34-19/h9-10,12-13,16H,3-8,11H2,1-2H3,(H3,24,28,29,30). The minimum absolute atomic E-state index is 0.263. The summed E-state index contributed by atoms with van der Waals surface area (Å²) in [5.41, 5.74) is 10.1. The van der Waals surface area contributed by atoms with Crippen molar-refractivity contribution in [2.75, 3.05) is 48.7 Å². The fourth-order valence-electron chi connectivity index (χ4n) is 4.54. The fourth-order valence-corrected chi connectivity index (χ4v) is 5.52. The van der Waals surface area contributed by atoms with E-state index in [9.17, 15) is 0 Å². The topological polar surface area (TPSA) is 114 Å². The number of hydrogen-bond acceptors (Lipinski definition) is 10. The van der Waals surface area contributed by atoms with Gasteiger partial charge in [-0.1, -0.05) is 0 Å². The van der Waals surface area contributed by atoms with Crippen LogP contribution in [0.5, 0.6) is 0 Å². The minimum Gasteiger partial charge on any atom is -0.368 e. The van der Waals surface area contributed by atoms with Crippen molar-refractivity contribution in [3.8, 4) is 5.82 Å². The summed E-state index contributed by atoms with van der Waals surface area (Å²) in [7, 11) is 0. The van der Waals surface area contributed by atoms with Gasteiger partial charge in [0, 0.05) is 32.7 Å². The zero-order chi connectivity index (χ0) is 23.2. The second-order valence-corrected chi connectivity index (χ2v) is 10.1. The Kier molecular flexibility index (Phi) is 5.30. The van der Waals surface area contributed by atoms with E-state index in [1.54, 1.807) is 16.0 Å². The van der Waals surface area contributed by atoms with Crippen LogP contribution in [-0.4, -0.2) is 67.3 Å². The Labute approximate surface area is 201 Å². The van der Waals surface area contributed by atoms with Gasteiger partial charge in [0.2, 0.25) is 11.9 Å². The van der Waals surface area contributed by atoms with Gasteiger partial charge in [-0.2, -0.15) is 9.67 Å². The SMILES string of the molecule is Cc1cc(Nc2nc(N)n(-c3ncnc4c(C)csc34)n2)cnc1N1CCN(CC2CC2)CC1. The molecule has 3 N–H and O–H groups in total. The van der Waals surface area contributed by atoms with Crippen LogP contribution >= 0.6 is 11.3 Å². The lowest BCUT2D eigenvalue weighted by Gasteiger charge is -2.36. The lowest BCUT2D eigenvalue weighted by molar-refractivity contribution is 0.247. The molecule has 10 nitrogen and oxygen atoms in total. The number of nitrogens with zero attached hydrogens (tertiary/aromatic N) is 8. The van der Waals surface area contributed by atoms with Crippen molar-refractivity contribution in [1.29, 1.82) is 0 Å². The smallest absolute Gasteiger partial charge is 0.248 e. The number of anilines is 4. The van der Waals surface area contributed by atoms with Gasteiger partial charge in [0.05, 0.1) is 22.1 Å². The van der Waals surface area contributed by atoms with E-state index < -0.39 is 0 Å². The number of aromatic nitrogens is 6. The van der Waals surface area contributed by atoms with Gasteiger partial charge in [-0.25, -0.2) is 15.0 Å². The van der Waals surface area contributed by atoms with Crippen LogP contribution in [0, 0.1) is 19.8 Å². The van der Waals surface area contributed by atoms with Crippen LogP contribution in [0.15, 0.2) is 24.0 Å². The molecule has 1 aliphatic carbocycles. The third kappa shape index (κ3) is 4.05. The minimum atomic E-state index is 0.263. The third-order valence-corrected chi connectivity index (χ3v) is 7.62. The Bertz CT molecular complexity index is 1330. The van der Waals surface area contributed by atoms with Crippen LogP contribution in [0.25, 0.3) is 16.0 Å². The number of nitrogen functional groups attached to an aromatic ring is 1. The molecule has 34 heavy (non-hydrogen) atoms. The highest BCUT2D eigenvalue weighted by Gasteiger charge is 2.27. The molecule has 1 saturated heterocycles. The summed E-state index contributed by atoms with van der Waals surface area (Å²) in [5.74, 6) is 3.29. The Morgan fingerprint density at radius 3 is 2.65 bits per heavy atom. The summed E-state index contributed by atoms with van der Waals surface area (Å²) >= 11 is 1.57. The first-order valence-corrected chi connectivity index (χ1v) is 12.6. The highest BCUT2D eigenvalue weighted by atomic mass is 32.1. The van der Waals surface area contributed by atoms with Gasteiger partial charge in [-0.3, -0.25) is 4.90 Å². The predicted octanol–water partition coefficient (Wildman–Crippen LogP) is 3.14. The number of aryl methyl sites for hydroxylation is 2. The molecule has 4 aromatic rings. The van der Waals surface area contributed by atoms with E-state index in [2.05, 4.69) is 53.5 Å². The first-order valence-electron chi connectivity index (χ1n) is 11.7. The number of hydrogen-bond donors (Lipinski definition) is 2. The van der Waals surface area contributed by atoms with E-state index in [1.165, 1.54) is 25.7 Å². The maximum Gasteiger partial charge on any atom is 0.248 e. The summed E-state index contributed by atoms with van der Waals surface area (Å²) in [6.45, 7) is 9.65. The molecule has 6 rings (SSSR count). The normalized spacial score (nSPS) is 16.9. The summed E-state index contributed by atoms with van der Waals surface area (Å²) in [5, 5.41) is 9.85. The second kappa shape index (κ2) is 8.48. The number of thiophene rings is 1. The second-order valence-electron chi connectivity index (χ2n) is 9.22. The van der Waals surface area contributed by atoms with Crippen molar-refractivity contribution < 1.29 is 0 Å². The average molecular weight is 477 g/mol. The van der Waals surface area contributed by atoms with E-state index in [0.717, 1.165) is 64.9 Å². The summed E-state index contributed by atoms with van der Waals surface area (Å²) in [6.07, 6.45) is 6.18. The molecule has 0 bridgehead atoms. The van der Waals surface area contributed by atoms with Crippen molar-refractivity contribution in [3.05, 3.63) is 35.1 Å². The maximum absolute atomic E-state index is 6.19. The van der Waals surface area contributed by atoms with Gasteiger partial charge in [-0.15, -0.1) is 16.4 Å². The average Bonchev–Trinajstić information content (AvgIpc) is 3.46. The lowest BCUT2D eigenvalue weighted by atomic mass is 10.2. The molecule has 1 aliphatic heterocycles. The van der Waals surface area contributed by atoms with Crippen LogP contribution in [-0.2, 0) is 0 Å². The molecule has 0 radical (unpaired) electrons. The van der Waals surface area contributed by atoms with Crippen molar-refractivity contribution in [2.24, 2.45) is 5.92 Å². The molecular weight excluding hydrogens is 448 g/mol. The first kappa shape index (κ1) is 21.2.